The van der Waals surface area contributed by atoms with Gasteiger partial charge in [-0.3, -0.25) is 0 Å². The monoisotopic (exact) mass is 368 g/mol. The van der Waals surface area contributed by atoms with Gasteiger partial charge in [-0.25, -0.2) is 4.79 Å². The molecule has 0 amide bonds. The molecule has 0 unspecified atom stereocenters. The number of carbonyl (C=O) groups is 1. The molecule has 5 heteroatoms. The minimum atomic E-state index is -0.455. The van der Waals surface area contributed by atoms with E-state index in [2.05, 4.69) is 15.9 Å². The summed E-state index contributed by atoms with van der Waals surface area (Å²) in [7, 11) is 0. The molecule has 0 aliphatic heterocycles. The summed E-state index contributed by atoms with van der Waals surface area (Å²) in [6.07, 6.45) is 0. The fourth-order valence-corrected chi connectivity index (χ4v) is 2.59. The molecular formula is C16H14BrClO3. The zero-order valence-electron chi connectivity index (χ0n) is 11.7. The molecule has 110 valence electrons. The summed E-state index contributed by atoms with van der Waals surface area (Å²) < 4.78 is 11.4. The van der Waals surface area contributed by atoms with E-state index < -0.39 is 5.97 Å². The molecule has 0 saturated carbocycles. The van der Waals surface area contributed by atoms with Crippen LogP contribution < -0.4 is 9.47 Å². The molecule has 0 aromatic heterocycles. The number of rotatable bonds is 4. The average Bonchev–Trinajstić information content (AvgIpc) is 2.41. The Labute approximate surface area is 137 Å². The van der Waals surface area contributed by atoms with E-state index >= 15 is 0 Å². The zero-order chi connectivity index (χ0) is 15.4. The van der Waals surface area contributed by atoms with Crippen molar-refractivity contribution in [3.05, 3.63) is 57.0 Å². The lowest BCUT2D eigenvalue weighted by molar-refractivity contribution is -0.136. The Hall–Kier alpha value is -1.52. The molecule has 21 heavy (non-hydrogen) atoms. The maximum Gasteiger partial charge on any atom is 0.349 e. The molecule has 0 radical (unpaired) electrons. The Balaban J connectivity index is 1.96. The highest BCUT2D eigenvalue weighted by Crippen LogP contribution is 2.28. The van der Waals surface area contributed by atoms with E-state index in [1.165, 1.54) is 0 Å². The Kier molecular flexibility index (Phi) is 5.26. The van der Waals surface area contributed by atoms with Gasteiger partial charge in [-0.1, -0.05) is 29.3 Å². The lowest BCUT2D eigenvalue weighted by atomic mass is 10.1. The number of carbonyl (C=O) groups excluding carboxylic acids is 1. The van der Waals surface area contributed by atoms with Crippen LogP contribution in [0.15, 0.2) is 40.9 Å². The van der Waals surface area contributed by atoms with Crippen LogP contribution in [0.1, 0.15) is 11.1 Å². The molecule has 0 heterocycles. The molecule has 0 bridgehead atoms. The predicted octanol–water partition coefficient (Wildman–Crippen LogP) is 4.70. The SMILES string of the molecule is Cc1ccc(OC(=O)COc2ccc(Cl)cc2Br)c(C)c1. The predicted molar refractivity (Wildman–Crippen MR) is 86.2 cm³/mol. The topological polar surface area (TPSA) is 35.5 Å². The number of hydrogen-bond acceptors (Lipinski definition) is 3. The Morgan fingerprint density at radius 2 is 1.86 bits per heavy atom. The van der Waals surface area contributed by atoms with Crippen LogP contribution in [-0.2, 0) is 4.79 Å². The number of benzene rings is 2. The van der Waals surface area contributed by atoms with E-state index in [0.717, 1.165) is 11.1 Å². The van der Waals surface area contributed by atoms with Crippen LogP contribution in [-0.4, -0.2) is 12.6 Å². The van der Waals surface area contributed by atoms with Crippen molar-refractivity contribution < 1.29 is 14.3 Å². The highest BCUT2D eigenvalue weighted by atomic mass is 79.9. The van der Waals surface area contributed by atoms with Gasteiger partial charge in [-0.15, -0.1) is 0 Å². The van der Waals surface area contributed by atoms with Crippen molar-refractivity contribution in [2.24, 2.45) is 0 Å². The second-order valence-electron chi connectivity index (χ2n) is 4.61. The summed E-state index contributed by atoms with van der Waals surface area (Å²) in [5.74, 6) is 0.630. The van der Waals surface area contributed by atoms with Crippen LogP contribution >= 0.6 is 27.5 Å². The van der Waals surface area contributed by atoms with Gasteiger partial charge in [0.2, 0.25) is 0 Å². The highest BCUT2D eigenvalue weighted by molar-refractivity contribution is 9.10. The van der Waals surface area contributed by atoms with Gasteiger partial charge in [0.05, 0.1) is 4.47 Å². The fourth-order valence-electron chi connectivity index (χ4n) is 1.79. The van der Waals surface area contributed by atoms with Gasteiger partial charge >= 0.3 is 5.97 Å². The van der Waals surface area contributed by atoms with Gasteiger partial charge in [-0.2, -0.15) is 0 Å². The van der Waals surface area contributed by atoms with Crippen LogP contribution in [0.2, 0.25) is 5.02 Å². The lowest BCUT2D eigenvalue weighted by Crippen LogP contribution is -2.18. The fraction of sp³-hybridized carbons (Fsp3) is 0.188. The minimum Gasteiger partial charge on any atom is -0.481 e. The summed E-state index contributed by atoms with van der Waals surface area (Å²) in [5, 5.41) is 0.590. The molecule has 0 aliphatic carbocycles. The summed E-state index contributed by atoms with van der Waals surface area (Å²) in [4.78, 5) is 11.8. The van der Waals surface area contributed by atoms with Crippen molar-refractivity contribution >= 4 is 33.5 Å². The number of ether oxygens (including phenoxy) is 2. The first-order valence-corrected chi connectivity index (χ1v) is 7.48. The number of aryl methyl sites for hydroxylation is 2. The molecule has 2 aromatic carbocycles. The first-order chi connectivity index (χ1) is 9.95. The first-order valence-electron chi connectivity index (χ1n) is 6.31. The van der Waals surface area contributed by atoms with E-state index in [4.69, 9.17) is 21.1 Å². The molecule has 0 aliphatic rings. The molecule has 0 spiro atoms. The second kappa shape index (κ2) is 6.96. The highest BCUT2D eigenvalue weighted by Gasteiger charge is 2.10. The van der Waals surface area contributed by atoms with Gasteiger partial charge in [0.15, 0.2) is 6.61 Å². The molecule has 2 aromatic rings. The van der Waals surface area contributed by atoms with E-state index in [-0.39, 0.29) is 6.61 Å². The van der Waals surface area contributed by atoms with Crippen LogP contribution in [0.5, 0.6) is 11.5 Å². The maximum absolute atomic E-state index is 11.8. The van der Waals surface area contributed by atoms with Crippen molar-refractivity contribution in [1.82, 2.24) is 0 Å². The van der Waals surface area contributed by atoms with Crippen LogP contribution in [0.3, 0.4) is 0 Å². The summed E-state index contributed by atoms with van der Waals surface area (Å²) >= 11 is 9.16. The van der Waals surface area contributed by atoms with Gasteiger partial charge in [0.25, 0.3) is 0 Å². The van der Waals surface area contributed by atoms with Crippen molar-refractivity contribution in [3.8, 4) is 11.5 Å². The minimum absolute atomic E-state index is 0.173. The van der Waals surface area contributed by atoms with Crippen molar-refractivity contribution in [1.29, 1.82) is 0 Å². The second-order valence-corrected chi connectivity index (χ2v) is 5.90. The largest absolute Gasteiger partial charge is 0.481 e. The van der Waals surface area contributed by atoms with E-state index in [9.17, 15) is 4.79 Å². The molecule has 0 fully saturated rings. The van der Waals surface area contributed by atoms with E-state index in [1.807, 2.05) is 26.0 Å². The molecule has 2 rings (SSSR count). The molecule has 0 atom stereocenters. The quantitative estimate of drug-likeness (QED) is 0.578. The number of halogens is 2. The average molecular weight is 370 g/mol. The van der Waals surface area contributed by atoms with Crippen LogP contribution in [0.4, 0.5) is 0 Å². The standard InChI is InChI=1S/C16H14BrClO3/c1-10-3-5-14(11(2)7-10)21-16(19)9-20-15-6-4-12(18)8-13(15)17/h3-8H,9H2,1-2H3. The summed E-state index contributed by atoms with van der Waals surface area (Å²) in [6, 6.07) is 10.7. The van der Waals surface area contributed by atoms with E-state index in [1.54, 1.807) is 24.3 Å². The smallest absolute Gasteiger partial charge is 0.349 e. The van der Waals surface area contributed by atoms with Crippen LogP contribution in [0.25, 0.3) is 0 Å². The van der Waals surface area contributed by atoms with Crippen molar-refractivity contribution in [2.45, 2.75) is 13.8 Å². The van der Waals surface area contributed by atoms with Crippen molar-refractivity contribution in [2.75, 3.05) is 6.61 Å². The Morgan fingerprint density at radius 1 is 1.14 bits per heavy atom. The van der Waals surface area contributed by atoms with Gasteiger partial charge in [0.1, 0.15) is 11.5 Å². The zero-order valence-corrected chi connectivity index (χ0v) is 14.0. The van der Waals surface area contributed by atoms with Gasteiger partial charge < -0.3 is 9.47 Å². The summed E-state index contributed by atoms with van der Waals surface area (Å²) in [6.45, 7) is 3.71. The van der Waals surface area contributed by atoms with Gasteiger partial charge in [0, 0.05) is 5.02 Å². The third kappa shape index (κ3) is 4.48. The molecule has 0 saturated heterocycles. The Morgan fingerprint density at radius 3 is 2.52 bits per heavy atom. The molecule has 0 N–H and O–H groups in total. The normalized spacial score (nSPS) is 10.3. The molecule has 3 nitrogen and oxygen atoms in total. The third-order valence-electron chi connectivity index (χ3n) is 2.79. The van der Waals surface area contributed by atoms with Crippen LogP contribution in [0, 0.1) is 13.8 Å². The number of hydrogen-bond donors (Lipinski definition) is 0. The maximum atomic E-state index is 11.8. The van der Waals surface area contributed by atoms with Crippen molar-refractivity contribution in [3.63, 3.8) is 0 Å². The number of esters is 1. The van der Waals surface area contributed by atoms with E-state index in [0.29, 0.717) is 21.0 Å². The van der Waals surface area contributed by atoms with Gasteiger partial charge in [-0.05, 0) is 59.6 Å². The first kappa shape index (κ1) is 15.9. The lowest BCUT2D eigenvalue weighted by Gasteiger charge is -2.10. The third-order valence-corrected chi connectivity index (χ3v) is 3.65. The summed E-state index contributed by atoms with van der Waals surface area (Å²) in [5.41, 5.74) is 2.03. The Bertz CT molecular complexity index is 671. The molecular weight excluding hydrogens is 356 g/mol.